The van der Waals surface area contributed by atoms with Gasteiger partial charge >= 0.3 is 0 Å². The molecule has 2 rings (SSSR count). The van der Waals surface area contributed by atoms with Crippen LogP contribution in [0.2, 0.25) is 0 Å². The Bertz CT molecular complexity index is 536. The quantitative estimate of drug-likeness (QED) is 0.757. The maximum atomic E-state index is 12.7. The summed E-state index contributed by atoms with van der Waals surface area (Å²) in [6.45, 7) is 13.3. The fourth-order valence-electron chi connectivity index (χ4n) is 3.12. The highest BCUT2D eigenvalue weighted by Crippen LogP contribution is 2.11. The Labute approximate surface area is 150 Å². The predicted molar refractivity (Wildman–Crippen MR) is 97.3 cm³/mol. The zero-order valence-electron chi connectivity index (χ0n) is 15.9. The molecule has 0 spiro atoms. The molecule has 2 amide bonds. The molecule has 6 heteroatoms. The lowest BCUT2D eigenvalue weighted by Crippen LogP contribution is -2.52. The summed E-state index contributed by atoms with van der Waals surface area (Å²) < 4.78 is 5.18. The largest absolute Gasteiger partial charge is 0.459 e. The van der Waals surface area contributed by atoms with Crippen LogP contribution >= 0.6 is 0 Å². The molecule has 0 aliphatic carbocycles. The summed E-state index contributed by atoms with van der Waals surface area (Å²) in [5, 5.41) is 0. The zero-order chi connectivity index (χ0) is 18.4. The fourth-order valence-corrected chi connectivity index (χ4v) is 3.12. The van der Waals surface area contributed by atoms with E-state index in [1.807, 2.05) is 4.90 Å². The average Bonchev–Trinajstić information content (AvgIpc) is 3.08. The highest BCUT2D eigenvalue weighted by molar-refractivity contribution is 5.91. The van der Waals surface area contributed by atoms with Crippen molar-refractivity contribution in [2.75, 3.05) is 45.8 Å². The minimum atomic E-state index is -0.0720. The fraction of sp³-hybridized carbons (Fsp3) is 0.684. The van der Waals surface area contributed by atoms with E-state index in [2.05, 4.69) is 32.6 Å². The molecule has 0 aromatic carbocycles. The van der Waals surface area contributed by atoms with Gasteiger partial charge in [0.1, 0.15) is 0 Å². The summed E-state index contributed by atoms with van der Waals surface area (Å²) in [7, 11) is 0. The molecule has 0 radical (unpaired) electrons. The minimum Gasteiger partial charge on any atom is -0.459 e. The van der Waals surface area contributed by atoms with Crippen LogP contribution < -0.4 is 0 Å². The number of piperazine rings is 1. The molecule has 6 nitrogen and oxygen atoms in total. The van der Waals surface area contributed by atoms with Gasteiger partial charge in [-0.1, -0.05) is 27.7 Å². The van der Waals surface area contributed by atoms with Crippen LogP contribution in [-0.2, 0) is 4.79 Å². The second-order valence-corrected chi connectivity index (χ2v) is 7.63. The van der Waals surface area contributed by atoms with E-state index in [1.165, 1.54) is 6.26 Å². The highest BCUT2D eigenvalue weighted by Gasteiger charge is 2.26. The van der Waals surface area contributed by atoms with E-state index in [9.17, 15) is 9.59 Å². The zero-order valence-corrected chi connectivity index (χ0v) is 15.9. The SMILES string of the molecule is CC(C)CN(CC(C)C)C(=O)CN1CCN(C(=O)c2ccco2)CC1. The third kappa shape index (κ3) is 5.88. The van der Waals surface area contributed by atoms with Crippen molar-refractivity contribution < 1.29 is 14.0 Å². The lowest BCUT2D eigenvalue weighted by atomic mass is 10.1. The van der Waals surface area contributed by atoms with Gasteiger partial charge in [-0.2, -0.15) is 0 Å². The lowest BCUT2D eigenvalue weighted by molar-refractivity contribution is -0.133. The second-order valence-electron chi connectivity index (χ2n) is 7.63. The maximum Gasteiger partial charge on any atom is 0.289 e. The van der Waals surface area contributed by atoms with Crippen LogP contribution in [0.3, 0.4) is 0 Å². The standard InChI is InChI=1S/C19H31N3O3/c1-15(2)12-22(13-16(3)4)18(23)14-20-7-9-21(10-8-20)19(24)17-6-5-11-25-17/h5-6,11,15-16H,7-10,12-14H2,1-4H3. The van der Waals surface area contributed by atoms with Crippen LogP contribution in [0.5, 0.6) is 0 Å². The van der Waals surface area contributed by atoms with Crippen molar-refractivity contribution in [2.45, 2.75) is 27.7 Å². The number of carbonyl (C=O) groups excluding carboxylic acids is 2. The second kappa shape index (κ2) is 9.04. The third-order valence-electron chi connectivity index (χ3n) is 4.27. The predicted octanol–water partition coefficient (Wildman–Crippen LogP) is 2.18. The van der Waals surface area contributed by atoms with Crippen molar-refractivity contribution in [1.82, 2.24) is 14.7 Å². The van der Waals surface area contributed by atoms with Crippen molar-refractivity contribution in [3.05, 3.63) is 24.2 Å². The van der Waals surface area contributed by atoms with Crippen LogP contribution in [-0.4, -0.2) is 72.3 Å². The van der Waals surface area contributed by atoms with E-state index < -0.39 is 0 Å². The van der Waals surface area contributed by atoms with Gasteiger partial charge in [0.15, 0.2) is 5.76 Å². The van der Waals surface area contributed by atoms with Gasteiger partial charge in [-0.25, -0.2) is 0 Å². The molecule has 1 aliphatic rings. The van der Waals surface area contributed by atoms with Crippen molar-refractivity contribution in [3.63, 3.8) is 0 Å². The van der Waals surface area contributed by atoms with Crippen molar-refractivity contribution >= 4 is 11.8 Å². The van der Waals surface area contributed by atoms with E-state index in [0.717, 1.165) is 26.2 Å². The van der Waals surface area contributed by atoms with Gasteiger partial charge in [0.25, 0.3) is 5.91 Å². The number of rotatable bonds is 7. The number of nitrogens with zero attached hydrogens (tertiary/aromatic N) is 3. The summed E-state index contributed by atoms with van der Waals surface area (Å²) >= 11 is 0. The Morgan fingerprint density at radius 3 is 2.16 bits per heavy atom. The van der Waals surface area contributed by atoms with Crippen LogP contribution in [0.25, 0.3) is 0 Å². The summed E-state index contributed by atoms with van der Waals surface area (Å²) in [4.78, 5) is 30.9. The Morgan fingerprint density at radius 2 is 1.68 bits per heavy atom. The monoisotopic (exact) mass is 349 g/mol. The minimum absolute atomic E-state index is 0.0720. The van der Waals surface area contributed by atoms with Gasteiger partial charge in [0, 0.05) is 39.3 Å². The molecular weight excluding hydrogens is 318 g/mol. The van der Waals surface area contributed by atoms with Gasteiger partial charge in [-0.3, -0.25) is 14.5 Å². The first kappa shape index (κ1) is 19.5. The van der Waals surface area contributed by atoms with E-state index in [4.69, 9.17) is 4.42 Å². The molecule has 0 bridgehead atoms. The number of furan rings is 1. The Kier molecular flexibility index (Phi) is 7.05. The molecule has 25 heavy (non-hydrogen) atoms. The average molecular weight is 349 g/mol. The lowest BCUT2D eigenvalue weighted by Gasteiger charge is -2.35. The molecule has 1 aliphatic heterocycles. The third-order valence-corrected chi connectivity index (χ3v) is 4.27. The summed E-state index contributed by atoms with van der Waals surface area (Å²) in [6.07, 6.45) is 1.51. The van der Waals surface area contributed by atoms with Gasteiger partial charge < -0.3 is 14.2 Å². The van der Waals surface area contributed by atoms with Crippen LogP contribution in [0, 0.1) is 11.8 Å². The van der Waals surface area contributed by atoms with Crippen molar-refractivity contribution in [1.29, 1.82) is 0 Å². The Balaban J connectivity index is 1.83. The Morgan fingerprint density at radius 1 is 1.08 bits per heavy atom. The van der Waals surface area contributed by atoms with Gasteiger partial charge in [-0.15, -0.1) is 0 Å². The number of hydrogen-bond acceptors (Lipinski definition) is 4. The van der Waals surface area contributed by atoms with Crippen molar-refractivity contribution in [3.8, 4) is 0 Å². The summed E-state index contributed by atoms with van der Waals surface area (Å²) in [5.74, 6) is 1.42. The molecule has 1 fully saturated rings. The summed E-state index contributed by atoms with van der Waals surface area (Å²) in [6, 6.07) is 3.41. The molecule has 1 saturated heterocycles. The molecule has 0 N–H and O–H groups in total. The van der Waals surface area contributed by atoms with Gasteiger partial charge in [0.2, 0.25) is 5.91 Å². The highest BCUT2D eigenvalue weighted by atomic mass is 16.3. The van der Waals surface area contributed by atoms with Gasteiger partial charge in [0.05, 0.1) is 12.8 Å². The van der Waals surface area contributed by atoms with E-state index >= 15 is 0 Å². The molecule has 140 valence electrons. The Hall–Kier alpha value is -1.82. The molecule has 0 saturated carbocycles. The molecule has 0 atom stereocenters. The molecule has 0 unspecified atom stereocenters. The normalized spacial score (nSPS) is 15.8. The maximum absolute atomic E-state index is 12.7. The van der Waals surface area contributed by atoms with E-state index in [0.29, 0.717) is 37.2 Å². The van der Waals surface area contributed by atoms with E-state index in [1.54, 1.807) is 17.0 Å². The molecule has 1 aromatic heterocycles. The summed E-state index contributed by atoms with van der Waals surface area (Å²) in [5.41, 5.74) is 0. The number of carbonyl (C=O) groups is 2. The van der Waals surface area contributed by atoms with Crippen molar-refractivity contribution in [2.24, 2.45) is 11.8 Å². The van der Waals surface area contributed by atoms with Crippen LogP contribution in [0.4, 0.5) is 0 Å². The number of hydrogen-bond donors (Lipinski definition) is 0. The van der Waals surface area contributed by atoms with Gasteiger partial charge in [-0.05, 0) is 24.0 Å². The van der Waals surface area contributed by atoms with E-state index in [-0.39, 0.29) is 11.8 Å². The first-order valence-corrected chi connectivity index (χ1v) is 9.19. The smallest absolute Gasteiger partial charge is 0.289 e. The molecule has 1 aromatic rings. The first-order chi connectivity index (χ1) is 11.9. The molecule has 2 heterocycles. The first-order valence-electron chi connectivity index (χ1n) is 9.19. The molecular formula is C19H31N3O3. The topological polar surface area (TPSA) is 57.0 Å². The number of amides is 2. The van der Waals surface area contributed by atoms with Crippen LogP contribution in [0.1, 0.15) is 38.2 Å². The van der Waals surface area contributed by atoms with Crippen LogP contribution in [0.15, 0.2) is 22.8 Å².